The molecule has 0 atom stereocenters. The largest absolute Gasteiger partial charge is 0.269 e. The first kappa shape index (κ1) is 18.2. The van der Waals surface area contributed by atoms with E-state index in [0.29, 0.717) is 0 Å². The van der Waals surface area contributed by atoms with E-state index in [1.54, 1.807) is 17.7 Å². The van der Waals surface area contributed by atoms with Gasteiger partial charge in [0.15, 0.2) is 0 Å². The van der Waals surface area contributed by atoms with Gasteiger partial charge in [0.1, 0.15) is 0 Å². The Bertz CT molecular complexity index is 411. The Morgan fingerprint density at radius 3 is 1.68 bits per heavy atom. The van der Waals surface area contributed by atoms with Crippen LogP contribution in [0.2, 0.25) is 0 Å². The van der Waals surface area contributed by atoms with E-state index in [9.17, 15) is 0 Å². The molecular weight excluding hydrogens is 321 g/mol. The van der Waals surface area contributed by atoms with Gasteiger partial charge in [-0.15, -0.1) is 0 Å². The molecule has 0 aromatic rings. The van der Waals surface area contributed by atoms with E-state index in [2.05, 4.69) is 37.5 Å². The van der Waals surface area contributed by atoms with Gasteiger partial charge in [-0.3, -0.25) is 9.41 Å². The summed E-state index contributed by atoms with van der Waals surface area (Å²) in [6, 6.07) is 0. The van der Waals surface area contributed by atoms with Crippen molar-refractivity contribution >= 4 is 0 Å². The van der Waals surface area contributed by atoms with Crippen molar-refractivity contribution in [2.75, 3.05) is 0 Å². The van der Waals surface area contributed by atoms with Crippen LogP contribution in [0.4, 0.5) is 9.41 Å². The fraction of sp³-hybridized carbons (Fsp3) is 0.250. The SMILES string of the molecule is C=CCC1=[C]([Zr][C]2=C(CC=C)C=CC2)CC=C1.F.F. The molecule has 0 radical (unpaired) electrons. The molecule has 0 aromatic carbocycles. The molecule has 0 unspecified atom stereocenters. The summed E-state index contributed by atoms with van der Waals surface area (Å²) in [5, 5.41) is 0. The van der Waals surface area contributed by atoms with Gasteiger partial charge in [0, 0.05) is 0 Å². The fourth-order valence-electron chi connectivity index (χ4n) is 2.24. The first-order valence-electron chi connectivity index (χ1n) is 6.11. The first-order chi connectivity index (χ1) is 8.35. The molecule has 102 valence electrons. The Morgan fingerprint density at radius 1 is 0.895 bits per heavy atom. The van der Waals surface area contributed by atoms with E-state index < -0.39 is 23.2 Å². The number of rotatable bonds is 6. The molecule has 2 aliphatic rings. The van der Waals surface area contributed by atoms with Crippen LogP contribution in [0, 0.1) is 0 Å². The molecule has 0 heterocycles. The molecular formula is C16H20F2Zr. The zero-order chi connectivity index (χ0) is 12.1. The number of hydrogen-bond donors (Lipinski definition) is 0. The molecule has 0 saturated heterocycles. The fourth-order valence-corrected chi connectivity index (χ4v) is 5.92. The quantitative estimate of drug-likeness (QED) is 0.599. The summed E-state index contributed by atoms with van der Waals surface area (Å²) in [5.74, 6) is 0. The van der Waals surface area contributed by atoms with Gasteiger partial charge in [0.25, 0.3) is 0 Å². The third-order valence-corrected chi connectivity index (χ3v) is 7.15. The van der Waals surface area contributed by atoms with Crippen LogP contribution in [-0.2, 0) is 23.2 Å². The van der Waals surface area contributed by atoms with Gasteiger partial charge in [0.2, 0.25) is 0 Å². The van der Waals surface area contributed by atoms with Crippen molar-refractivity contribution in [1.29, 1.82) is 0 Å². The van der Waals surface area contributed by atoms with Gasteiger partial charge in [-0.25, -0.2) is 0 Å². The third kappa shape index (κ3) is 4.65. The van der Waals surface area contributed by atoms with Crippen LogP contribution in [0.1, 0.15) is 25.7 Å². The summed E-state index contributed by atoms with van der Waals surface area (Å²) in [6.07, 6.45) is 17.7. The maximum absolute atomic E-state index is 3.85. The molecule has 0 nitrogen and oxygen atoms in total. The molecule has 2 aliphatic carbocycles. The van der Waals surface area contributed by atoms with E-state index in [1.165, 1.54) is 12.8 Å². The Morgan fingerprint density at radius 2 is 1.32 bits per heavy atom. The number of hydrogen-bond acceptors (Lipinski definition) is 0. The standard InChI is InChI=1S/2C8H9.2FH.Zr/c2*1-2-5-8-6-3-4-7-8;;;/h2*2-3,6H,1,4-5H2;2*1H;. The second-order valence-electron chi connectivity index (χ2n) is 4.33. The normalized spacial score (nSPS) is 16.2. The van der Waals surface area contributed by atoms with Crippen LogP contribution < -0.4 is 0 Å². The molecule has 0 bridgehead atoms. The van der Waals surface area contributed by atoms with E-state index in [4.69, 9.17) is 0 Å². The van der Waals surface area contributed by atoms with Gasteiger partial charge in [-0.2, -0.15) is 0 Å². The van der Waals surface area contributed by atoms with Gasteiger partial charge in [-0.05, 0) is 0 Å². The molecule has 0 aromatic heterocycles. The monoisotopic (exact) mass is 340 g/mol. The van der Waals surface area contributed by atoms with Crippen molar-refractivity contribution in [3.05, 3.63) is 67.3 Å². The van der Waals surface area contributed by atoms with E-state index >= 15 is 0 Å². The molecule has 2 rings (SSSR count). The summed E-state index contributed by atoms with van der Waals surface area (Å²) in [6.45, 7) is 7.70. The molecule has 19 heavy (non-hydrogen) atoms. The zero-order valence-electron chi connectivity index (χ0n) is 11.0. The maximum atomic E-state index is 3.85. The number of halogens is 2. The minimum absolute atomic E-state index is 0. The molecule has 0 spiro atoms. The summed E-state index contributed by atoms with van der Waals surface area (Å²) in [5.41, 5.74) is 3.09. The summed E-state index contributed by atoms with van der Waals surface area (Å²) >= 11 is -0.538. The predicted octanol–water partition coefficient (Wildman–Crippen LogP) is 4.95. The minimum atomic E-state index is -0.538. The zero-order valence-corrected chi connectivity index (χ0v) is 13.5. The second kappa shape index (κ2) is 9.14. The maximum Gasteiger partial charge on any atom is -0.269 e. The van der Waals surface area contributed by atoms with Crippen LogP contribution in [0.5, 0.6) is 0 Å². The van der Waals surface area contributed by atoms with E-state index in [0.717, 1.165) is 12.8 Å². The van der Waals surface area contributed by atoms with Gasteiger partial charge >= 0.3 is 116 Å². The Hall–Kier alpha value is -0.817. The van der Waals surface area contributed by atoms with Crippen molar-refractivity contribution in [3.63, 3.8) is 0 Å². The molecule has 0 amide bonds. The second-order valence-corrected chi connectivity index (χ2v) is 7.91. The minimum Gasteiger partial charge on any atom is -0.269 e. The summed E-state index contributed by atoms with van der Waals surface area (Å²) in [4.78, 5) is 0. The number of allylic oxidation sites excluding steroid dienone is 10. The van der Waals surface area contributed by atoms with Crippen molar-refractivity contribution in [3.8, 4) is 0 Å². The van der Waals surface area contributed by atoms with E-state index in [1.807, 2.05) is 12.2 Å². The molecule has 0 N–H and O–H groups in total. The van der Waals surface area contributed by atoms with Crippen LogP contribution >= 0.6 is 0 Å². The van der Waals surface area contributed by atoms with Crippen LogP contribution in [0.15, 0.2) is 67.3 Å². The van der Waals surface area contributed by atoms with Crippen LogP contribution in [0.3, 0.4) is 0 Å². The molecule has 0 fully saturated rings. The van der Waals surface area contributed by atoms with Crippen molar-refractivity contribution in [1.82, 2.24) is 0 Å². The molecule has 0 aliphatic heterocycles. The summed E-state index contributed by atoms with van der Waals surface area (Å²) < 4.78 is 3.49. The first-order valence-corrected chi connectivity index (χ1v) is 8.57. The summed E-state index contributed by atoms with van der Waals surface area (Å²) in [7, 11) is 0. The smallest absolute Gasteiger partial charge is 0.269 e. The topological polar surface area (TPSA) is 0 Å². The van der Waals surface area contributed by atoms with E-state index in [-0.39, 0.29) is 9.41 Å². The molecule has 0 saturated carbocycles. The average molecular weight is 342 g/mol. The van der Waals surface area contributed by atoms with Gasteiger partial charge < -0.3 is 0 Å². The van der Waals surface area contributed by atoms with Crippen LogP contribution in [-0.4, -0.2) is 0 Å². The Labute approximate surface area is 125 Å². The average Bonchev–Trinajstić information content (AvgIpc) is 2.92. The van der Waals surface area contributed by atoms with Crippen molar-refractivity contribution in [2.24, 2.45) is 0 Å². The Kier molecular flexibility index (Phi) is 8.75. The molecule has 3 heteroatoms. The van der Waals surface area contributed by atoms with Crippen molar-refractivity contribution < 1.29 is 32.6 Å². The van der Waals surface area contributed by atoms with Gasteiger partial charge in [-0.1, -0.05) is 0 Å². The predicted molar refractivity (Wildman–Crippen MR) is 76.2 cm³/mol. The van der Waals surface area contributed by atoms with Crippen LogP contribution in [0.25, 0.3) is 0 Å². The Balaban J connectivity index is 0.00000162. The van der Waals surface area contributed by atoms with Gasteiger partial charge in [0.05, 0.1) is 0 Å². The third-order valence-electron chi connectivity index (χ3n) is 3.09. The van der Waals surface area contributed by atoms with Crippen molar-refractivity contribution in [2.45, 2.75) is 25.7 Å².